The Kier molecular flexibility index (Phi) is 4.84. The van der Waals surface area contributed by atoms with Gasteiger partial charge in [0.25, 0.3) is 0 Å². The van der Waals surface area contributed by atoms with E-state index in [4.69, 9.17) is 4.74 Å². The van der Waals surface area contributed by atoms with Crippen molar-refractivity contribution in [2.75, 3.05) is 6.61 Å². The summed E-state index contributed by atoms with van der Waals surface area (Å²) in [6, 6.07) is 0. The van der Waals surface area contributed by atoms with E-state index in [0.29, 0.717) is 5.20 Å². The van der Waals surface area contributed by atoms with Crippen LogP contribution in [-0.2, 0) is 9.53 Å². The van der Waals surface area contributed by atoms with Crippen LogP contribution in [0.5, 0.6) is 0 Å². The third-order valence-corrected chi connectivity index (χ3v) is 3.85. The van der Waals surface area contributed by atoms with Crippen molar-refractivity contribution in [3.63, 3.8) is 0 Å². The van der Waals surface area contributed by atoms with Crippen LogP contribution in [-0.4, -0.2) is 31.9 Å². The Labute approximate surface area is 86.1 Å². The third-order valence-electron chi connectivity index (χ3n) is 1.78. The Bertz CT molecular complexity index is 259. The summed E-state index contributed by atoms with van der Waals surface area (Å²) < 4.78 is 4.73. The number of aliphatic hydroxyl groups excluding tert-OH is 1. The van der Waals surface area contributed by atoms with Gasteiger partial charge in [-0.15, -0.1) is 5.73 Å². The molecule has 0 heterocycles. The summed E-state index contributed by atoms with van der Waals surface area (Å²) in [7, 11) is -1.75. The van der Waals surface area contributed by atoms with E-state index in [-0.39, 0.29) is 6.61 Å². The summed E-state index contributed by atoms with van der Waals surface area (Å²) in [5.41, 5.74) is 2.66. The summed E-state index contributed by atoms with van der Waals surface area (Å²) in [5, 5.41) is 10.3. The van der Waals surface area contributed by atoms with E-state index < -0.39 is 20.1 Å². The van der Waals surface area contributed by atoms with Crippen LogP contribution in [0.1, 0.15) is 6.92 Å². The van der Waals surface area contributed by atoms with Gasteiger partial charge in [0.05, 0.1) is 14.7 Å². The number of carbonyl (C=O) groups excluding carboxylic acids is 1. The highest BCUT2D eigenvalue weighted by Crippen LogP contribution is 2.17. The molecule has 0 rings (SSSR count). The van der Waals surface area contributed by atoms with Crippen molar-refractivity contribution in [3.05, 3.63) is 17.5 Å². The number of hydrogen-bond donors (Lipinski definition) is 1. The molecule has 80 valence electrons. The van der Waals surface area contributed by atoms with Crippen molar-refractivity contribution in [2.45, 2.75) is 32.7 Å². The minimum absolute atomic E-state index is 0.270. The number of rotatable bonds is 4. The minimum Gasteiger partial charge on any atom is -0.464 e. The highest BCUT2D eigenvalue weighted by molar-refractivity contribution is 6.83. The van der Waals surface area contributed by atoms with E-state index in [1.165, 1.54) is 0 Å². The van der Waals surface area contributed by atoms with Gasteiger partial charge >= 0.3 is 5.97 Å². The lowest BCUT2D eigenvalue weighted by Crippen LogP contribution is -2.37. The van der Waals surface area contributed by atoms with Crippen LogP contribution in [0.3, 0.4) is 0 Å². The molecule has 0 aromatic carbocycles. The monoisotopic (exact) mass is 214 g/mol. The Morgan fingerprint density at radius 1 is 1.57 bits per heavy atom. The highest BCUT2D eigenvalue weighted by Gasteiger charge is 2.30. The van der Waals surface area contributed by atoms with E-state index >= 15 is 0 Å². The summed E-state index contributed by atoms with van der Waals surface area (Å²) in [6.07, 6.45) is -1.20. The van der Waals surface area contributed by atoms with E-state index in [1.807, 2.05) is 19.6 Å². The number of aliphatic hydroxyl groups is 1. The van der Waals surface area contributed by atoms with Gasteiger partial charge in [0.2, 0.25) is 0 Å². The maximum absolute atomic E-state index is 11.3. The van der Waals surface area contributed by atoms with Crippen molar-refractivity contribution in [2.24, 2.45) is 0 Å². The van der Waals surface area contributed by atoms with Crippen molar-refractivity contribution in [1.82, 2.24) is 0 Å². The first-order valence-electron chi connectivity index (χ1n) is 4.59. The fourth-order valence-electron chi connectivity index (χ4n) is 1.11. The molecule has 0 saturated heterocycles. The van der Waals surface area contributed by atoms with Crippen LogP contribution in [0.15, 0.2) is 17.5 Å². The molecule has 0 aromatic rings. The highest BCUT2D eigenvalue weighted by atomic mass is 28.3. The zero-order valence-corrected chi connectivity index (χ0v) is 10.3. The second-order valence-corrected chi connectivity index (χ2v) is 9.03. The molecule has 0 aliphatic rings. The first-order chi connectivity index (χ1) is 6.34. The van der Waals surface area contributed by atoms with Crippen LogP contribution < -0.4 is 0 Å². The molecule has 0 aliphatic carbocycles. The van der Waals surface area contributed by atoms with Crippen LogP contribution >= 0.6 is 0 Å². The standard InChI is InChI=1S/C10H18O3Si/c1-6-8(14(3,4)5)9(11)10(12)13-7-2/h9,11H,1,7H2,2-5H3. The molecule has 0 aliphatic heterocycles. The van der Waals surface area contributed by atoms with Gasteiger partial charge in [0, 0.05) is 0 Å². The van der Waals surface area contributed by atoms with Gasteiger partial charge in [-0.1, -0.05) is 26.2 Å². The summed E-state index contributed by atoms with van der Waals surface area (Å²) in [6.45, 7) is 11.5. The zero-order chi connectivity index (χ0) is 11.4. The van der Waals surface area contributed by atoms with Crippen molar-refractivity contribution in [1.29, 1.82) is 0 Å². The lowest BCUT2D eigenvalue weighted by molar-refractivity contribution is -0.150. The molecule has 0 fully saturated rings. The molecule has 14 heavy (non-hydrogen) atoms. The molecule has 0 radical (unpaired) electrons. The van der Waals surface area contributed by atoms with Gasteiger partial charge < -0.3 is 9.84 Å². The molecule has 0 aromatic heterocycles. The lowest BCUT2D eigenvalue weighted by Gasteiger charge is -2.22. The number of hydrogen-bond acceptors (Lipinski definition) is 3. The zero-order valence-electron chi connectivity index (χ0n) is 9.26. The van der Waals surface area contributed by atoms with Crippen LogP contribution in [0.2, 0.25) is 19.6 Å². The number of ether oxygens (including phenoxy) is 1. The molecule has 1 unspecified atom stereocenters. The molecule has 3 nitrogen and oxygen atoms in total. The quantitative estimate of drug-likeness (QED) is 0.438. The second-order valence-electron chi connectivity index (χ2n) is 4.00. The predicted molar refractivity (Wildman–Crippen MR) is 58.6 cm³/mol. The normalized spacial score (nSPS) is 12.9. The molecular formula is C10H18O3Si. The first kappa shape index (κ1) is 13.2. The average molecular weight is 214 g/mol. The predicted octanol–water partition coefficient (Wildman–Crippen LogP) is 1.50. The Hall–Kier alpha value is -0.833. The van der Waals surface area contributed by atoms with Crippen molar-refractivity contribution >= 4 is 14.0 Å². The Morgan fingerprint density at radius 2 is 2.07 bits per heavy atom. The van der Waals surface area contributed by atoms with E-state index in [0.717, 1.165) is 0 Å². The summed E-state index contributed by atoms with van der Waals surface area (Å²) >= 11 is 0. The Balaban J connectivity index is 4.74. The maximum atomic E-state index is 11.3. The van der Waals surface area contributed by atoms with E-state index in [2.05, 4.69) is 12.3 Å². The van der Waals surface area contributed by atoms with Crippen LogP contribution in [0.25, 0.3) is 0 Å². The molecule has 1 N–H and O–H groups in total. The SMILES string of the molecule is C=C=C(C(O)C(=O)OCC)[Si](C)(C)C. The topological polar surface area (TPSA) is 46.5 Å². The van der Waals surface area contributed by atoms with Gasteiger partial charge in [-0.05, 0) is 12.1 Å². The number of esters is 1. The van der Waals surface area contributed by atoms with Crippen LogP contribution in [0.4, 0.5) is 0 Å². The van der Waals surface area contributed by atoms with Crippen molar-refractivity contribution < 1.29 is 14.6 Å². The van der Waals surface area contributed by atoms with Crippen molar-refractivity contribution in [3.8, 4) is 0 Å². The van der Waals surface area contributed by atoms with Crippen LogP contribution in [0, 0.1) is 0 Å². The fraction of sp³-hybridized carbons (Fsp3) is 0.600. The minimum atomic E-state index is -1.75. The molecular weight excluding hydrogens is 196 g/mol. The maximum Gasteiger partial charge on any atom is 0.339 e. The van der Waals surface area contributed by atoms with Gasteiger partial charge in [-0.3, -0.25) is 0 Å². The third kappa shape index (κ3) is 3.50. The van der Waals surface area contributed by atoms with Gasteiger partial charge in [-0.2, -0.15) is 0 Å². The number of carbonyl (C=O) groups is 1. The summed E-state index contributed by atoms with van der Waals surface area (Å²) in [5.74, 6) is -0.610. The van der Waals surface area contributed by atoms with Gasteiger partial charge in [0.1, 0.15) is 0 Å². The molecule has 4 heteroatoms. The molecule has 0 saturated carbocycles. The van der Waals surface area contributed by atoms with Gasteiger partial charge in [0.15, 0.2) is 6.10 Å². The molecule has 0 amide bonds. The van der Waals surface area contributed by atoms with E-state index in [9.17, 15) is 9.90 Å². The summed E-state index contributed by atoms with van der Waals surface area (Å²) in [4.78, 5) is 11.3. The fourth-order valence-corrected chi connectivity index (χ4v) is 2.58. The first-order valence-corrected chi connectivity index (χ1v) is 8.09. The Morgan fingerprint density at radius 3 is 2.36 bits per heavy atom. The molecule has 0 bridgehead atoms. The average Bonchev–Trinajstić information content (AvgIpc) is 2.03. The second kappa shape index (κ2) is 5.15. The largest absolute Gasteiger partial charge is 0.464 e. The molecule has 1 atom stereocenters. The van der Waals surface area contributed by atoms with Gasteiger partial charge in [-0.25, -0.2) is 4.79 Å². The molecule has 0 spiro atoms. The lowest BCUT2D eigenvalue weighted by atomic mass is 10.3. The van der Waals surface area contributed by atoms with E-state index in [1.54, 1.807) is 6.92 Å². The smallest absolute Gasteiger partial charge is 0.339 e.